The minimum absolute atomic E-state index is 0.0670. The highest BCUT2D eigenvalue weighted by Crippen LogP contribution is 2.43. The molecule has 0 aliphatic carbocycles. The lowest BCUT2D eigenvalue weighted by Crippen LogP contribution is -2.39. The Morgan fingerprint density at radius 1 is 1.04 bits per heavy atom. The molecule has 1 aliphatic rings. The molecule has 0 N–H and O–H groups in total. The number of fused-ring (bicyclic) bond motifs is 1. The summed E-state index contributed by atoms with van der Waals surface area (Å²) in [7, 11) is 0. The van der Waals surface area contributed by atoms with Gasteiger partial charge in [-0.2, -0.15) is 0 Å². The van der Waals surface area contributed by atoms with E-state index in [9.17, 15) is 4.39 Å². The monoisotopic (exact) mass is 378 g/mol. The van der Waals surface area contributed by atoms with E-state index < -0.39 is 0 Å². The third-order valence-corrected chi connectivity index (χ3v) is 6.10. The van der Waals surface area contributed by atoms with E-state index in [2.05, 4.69) is 50.0 Å². The molecule has 0 fully saturated rings. The number of hydrogen-bond donors (Lipinski definition) is 0. The quantitative estimate of drug-likeness (QED) is 0.555. The summed E-state index contributed by atoms with van der Waals surface area (Å²) in [4.78, 5) is 9.52. The molecule has 3 aromatic rings. The van der Waals surface area contributed by atoms with Gasteiger partial charge in [0.05, 0.1) is 5.54 Å². The highest BCUT2D eigenvalue weighted by molar-refractivity contribution is 8.15. The molecule has 2 heterocycles. The highest BCUT2D eigenvalue weighted by Gasteiger charge is 2.39. The molecule has 4 rings (SSSR count). The fourth-order valence-electron chi connectivity index (χ4n) is 4.02. The average Bonchev–Trinajstić information content (AvgIpc) is 2.60. The van der Waals surface area contributed by atoms with Crippen LogP contribution in [-0.4, -0.2) is 20.3 Å². The normalized spacial score (nSPS) is 21.9. The van der Waals surface area contributed by atoms with Crippen molar-refractivity contribution >= 4 is 27.7 Å². The van der Waals surface area contributed by atoms with Gasteiger partial charge in [0, 0.05) is 21.9 Å². The topological polar surface area (TPSA) is 25.2 Å². The molecule has 4 heteroatoms. The van der Waals surface area contributed by atoms with Gasteiger partial charge >= 0.3 is 0 Å². The molecule has 2 aromatic carbocycles. The Hall–Kier alpha value is -2.20. The number of aliphatic imine (C=N–C) groups is 1. The van der Waals surface area contributed by atoms with Crippen LogP contribution in [0.15, 0.2) is 65.8 Å². The predicted octanol–water partition coefficient (Wildman–Crippen LogP) is 6.04. The Kier molecular flexibility index (Phi) is 4.55. The molecule has 0 saturated heterocycles. The lowest BCUT2D eigenvalue weighted by atomic mass is 9.84. The number of hydrogen-bond acceptors (Lipinski definition) is 3. The number of halogens is 1. The van der Waals surface area contributed by atoms with Gasteiger partial charge < -0.3 is 0 Å². The number of rotatable bonds is 3. The largest absolute Gasteiger partial charge is 0.271 e. The van der Waals surface area contributed by atoms with Crippen LogP contribution in [0.1, 0.15) is 38.3 Å². The Labute approximate surface area is 163 Å². The fraction of sp³-hybridized carbons (Fsp3) is 0.304. The maximum atomic E-state index is 14.0. The zero-order chi connectivity index (χ0) is 19.1. The minimum Gasteiger partial charge on any atom is -0.271 e. The molecular weight excluding hydrogens is 355 g/mol. The molecule has 27 heavy (non-hydrogen) atoms. The van der Waals surface area contributed by atoms with Crippen molar-refractivity contribution < 1.29 is 4.39 Å². The summed E-state index contributed by atoms with van der Waals surface area (Å²) in [5.74, 6) is -0.286. The predicted molar refractivity (Wildman–Crippen MR) is 113 cm³/mol. The van der Waals surface area contributed by atoms with Crippen LogP contribution in [0.5, 0.6) is 0 Å². The Bertz CT molecular complexity index is 1010. The van der Waals surface area contributed by atoms with Gasteiger partial charge in [-0.05, 0) is 37.5 Å². The van der Waals surface area contributed by atoms with Gasteiger partial charge in [0.1, 0.15) is 16.4 Å². The van der Waals surface area contributed by atoms with E-state index in [4.69, 9.17) is 4.99 Å². The van der Waals surface area contributed by atoms with Crippen LogP contribution in [0.4, 0.5) is 4.39 Å². The lowest BCUT2D eigenvalue weighted by molar-refractivity contribution is 0.387. The van der Waals surface area contributed by atoms with E-state index in [0.29, 0.717) is 5.52 Å². The van der Waals surface area contributed by atoms with Gasteiger partial charge in [0.2, 0.25) is 0 Å². The van der Waals surface area contributed by atoms with Crippen molar-refractivity contribution in [2.45, 2.75) is 43.9 Å². The van der Waals surface area contributed by atoms with E-state index in [1.807, 2.05) is 18.2 Å². The summed E-state index contributed by atoms with van der Waals surface area (Å²) >= 11 is 1.78. The van der Waals surface area contributed by atoms with Crippen LogP contribution in [0.2, 0.25) is 0 Å². The molecule has 1 aromatic heterocycles. The van der Waals surface area contributed by atoms with Crippen LogP contribution in [0.3, 0.4) is 0 Å². The molecule has 0 radical (unpaired) electrons. The number of pyridine rings is 1. The van der Waals surface area contributed by atoms with Crippen molar-refractivity contribution in [2.75, 3.05) is 0 Å². The van der Waals surface area contributed by atoms with Crippen molar-refractivity contribution in [1.29, 1.82) is 0 Å². The van der Waals surface area contributed by atoms with Gasteiger partial charge in [-0.1, -0.05) is 68.1 Å². The smallest absolute Gasteiger partial charge is 0.149 e. The van der Waals surface area contributed by atoms with Crippen molar-refractivity contribution in [3.8, 4) is 0 Å². The molecule has 0 spiro atoms. The second-order valence-corrected chi connectivity index (χ2v) is 9.85. The van der Waals surface area contributed by atoms with E-state index in [1.165, 1.54) is 11.6 Å². The number of aromatic nitrogens is 1. The van der Waals surface area contributed by atoms with Crippen LogP contribution in [-0.2, 0) is 6.42 Å². The molecule has 0 saturated carbocycles. The summed E-state index contributed by atoms with van der Waals surface area (Å²) in [6.07, 6.45) is 3.65. The van der Waals surface area contributed by atoms with Crippen LogP contribution >= 0.6 is 11.8 Å². The first-order chi connectivity index (χ1) is 12.8. The van der Waals surface area contributed by atoms with Crippen molar-refractivity contribution in [3.05, 3.63) is 77.7 Å². The fourth-order valence-corrected chi connectivity index (χ4v) is 5.43. The number of benzene rings is 2. The molecule has 138 valence electrons. The zero-order valence-electron chi connectivity index (χ0n) is 15.9. The van der Waals surface area contributed by atoms with E-state index in [-0.39, 0.29) is 16.1 Å². The Morgan fingerprint density at radius 2 is 1.81 bits per heavy atom. The molecule has 1 atom stereocenters. The van der Waals surface area contributed by atoms with E-state index in [0.717, 1.165) is 28.8 Å². The minimum atomic E-state index is -0.286. The van der Waals surface area contributed by atoms with E-state index in [1.54, 1.807) is 24.0 Å². The number of thioether (sulfide) groups is 1. The standard InChI is InChI=1S/C23H23FN2S/c1-22(2)15-23(3,13-16-8-5-4-6-9-16)26-21(27-22)18-12-17-10-7-11-19(24)20(17)25-14-18/h4-12,14H,13,15H2,1-3H3. The first-order valence-corrected chi connectivity index (χ1v) is 10.0. The van der Waals surface area contributed by atoms with Gasteiger partial charge in [-0.25, -0.2) is 4.39 Å². The molecule has 0 amide bonds. The summed E-state index contributed by atoms with van der Waals surface area (Å²) in [6, 6.07) is 17.6. The molecule has 1 unspecified atom stereocenters. The maximum absolute atomic E-state index is 14.0. The first-order valence-electron chi connectivity index (χ1n) is 9.21. The number of nitrogens with zero attached hydrogens (tertiary/aromatic N) is 2. The lowest BCUT2D eigenvalue weighted by Gasteiger charge is -2.40. The van der Waals surface area contributed by atoms with Crippen molar-refractivity contribution in [2.24, 2.45) is 4.99 Å². The Balaban J connectivity index is 1.75. The number of para-hydroxylation sites is 1. The first kappa shape index (κ1) is 18.2. The maximum Gasteiger partial charge on any atom is 0.149 e. The summed E-state index contributed by atoms with van der Waals surface area (Å²) in [6.45, 7) is 6.77. The summed E-state index contributed by atoms with van der Waals surface area (Å²) in [5, 5.41) is 1.80. The van der Waals surface area contributed by atoms with Crippen molar-refractivity contribution in [1.82, 2.24) is 4.98 Å². The third-order valence-electron chi connectivity index (χ3n) is 4.89. The van der Waals surface area contributed by atoms with Gasteiger partial charge in [-0.3, -0.25) is 9.98 Å². The van der Waals surface area contributed by atoms with Crippen LogP contribution < -0.4 is 0 Å². The van der Waals surface area contributed by atoms with Gasteiger partial charge in [-0.15, -0.1) is 0 Å². The second-order valence-electron chi connectivity index (χ2n) is 8.15. The summed E-state index contributed by atoms with van der Waals surface area (Å²) < 4.78 is 14.0. The third kappa shape index (κ3) is 3.91. The van der Waals surface area contributed by atoms with Crippen LogP contribution in [0, 0.1) is 5.82 Å². The zero-order valence-corrected chi connectivity index (χ0v) is 16.7. The van der Waals surface area contributed by atoms with Gasteiger partial charge in [0.25, 0.3) is 0 Å². The molecular formula is C23H23FN2S. The Morgan fingerprint density at radius 3 is 2.59 bits per heavy atom. The average molecular weight is 379 g/mol. The van der Waals surface area contributed by atoms with Crippen molar-refractivity contribution in [3.63, 3.8) is 0 Å². The SMILES string of the molecule is CC1(Cc2ccccc2)CC(C)(C)SC(c2cnc3c(F)cccc3c2)=N1. The molecule has 0 bridgehead atoms. The van der Waals surface area contributed by atoms with Crippen LogP contribution in [0.25, 0.3) is 10.9 Å². The summed E-state index contributed by atoms with van der Waals surface area (Å²) in [5.41, 5.74) is 2.49. The molecule has 2 nitrogen and oxygen atoms in total. The van der Waals surface area contributed by atoms with Gasteiger partial charge in [0.15, 0.2) is 0 Å². The molecule has 1 aliphatic heterocycles. The van der Waals surface area contributed by atoms with E-state index >= 15 is 0 Å². The second kappa shape index (κ2) is 6.75. The highest BCUT2D eigenvalue weighted by atomic mass is 32.2.